The number of hydrogen-bond acceptors (Lipinski definition) is 0. The Morgan fingerprint density at radius 3 is 2.70 bits per heavy atom. The highest BCUT2D eigenvalue weighted by molar-refractivity contribution is 5.24. The van der Waals surface area contributed by atoms with E-state index in [-0.39, 0.29) is 0 Å². The summed E-state index contributed by atoms with van der Waals surface area (Å²) in [5, 5.41) is 0. The topological polar surface area (TPSA) is 0 Å². The van der Waals surface area contributed by atoms with Crippen LogP contribution < -0.4 is 0 Å². The minimum atomic E-state index is 0.481. The van der Waals surface area contributed by atoms with Crippen LogP contribution in [0.25, 0.3) is 0 Å². The molecule has 0 nitrogen and oxygen atoms in total. The van der Waals surface area contributed by atoms with E-state index in [2.05, 4.69) is 25.5 Å². The molecular weight excluding hydrogens is 120 g/mol. The second kappa shape index (κ2) is 2.72. The van der Waals surface area contributed by atoms with Crippen molar-refractivity contribution in [2.45, 2.75) is 6.42 Å². The van der Waals surface area contributed by atoms with Crippen LogP contribution in [0.2, 0.25) is 0 Å². The molecule has 0 N–H and O–H groups in total. The molecule has 0 aromatic heterocycles. The van der Waals surface area contributed by atoms with Gasteiger partial charge in [0, 0.05) is 5.92 Å². The second-order valence-electron chi connectivity index (χ2n) is 2.66. The summed E-state index contributed by atoms with van der Waals surface area (Å²) in [4.78, 5) is 0. The lowest BCUT2D eigenvalue weighted by molar-refractivity contribution is 0.410. The zero-order valence-corrected chi connectivity index (χ0v) is 6.14. The van der Waals surface area contributed by atoms with Gasteiger partial charge in [-0.15, -0.1) is 12.3 Å². The van der Waals surface area contributed by atoms with E-state index in [4.69, 9.17) is 0 Å². The maximum Gasteiger partial charge on any atom is 0.00436 e. The lowest BCUT2D eigenvalue weighted by atomic mass is 9.70. The van der Waals surface area contributed by atoms with E-state index in [9.17, 15) is 0 Å². The van der Waals surface area contributed by atoms with E-state index < -0.39 is 0 Å². The number of allylic oxidation sites excluding steroid dienone is 3. The molecule has 10 heavy (non-hydrogen) atoms. The molecule has 0 amide bonds. The average Bonchev–Trinajstić information content (AvgIpc) is 1.88. The molecule has 0 radical (unpaired) electrons. The minimum Gasteiger partial charge on any atom is -0.133 e. The molecule has 0 bridgehead atoms. The van der Waals surface area contributed by atoms with Crippen LogP contribution in [0.3, 0.4) is 0 Å². The van der Waals surface area contributed by atoms with Gasteiger partial charge in [0.25, 0.3) is 0 Å². The molecule has 1 fully saturated rings. The molecule has 0 saturated heterocycles. The van der Waals surface area contributed by atoms with Crippen LogP contribution in [-0.2, 0) is 0 Å². The predicted molar refractivity (Wildman–Crippen MR) is 44.6 cm³/mol. The molecule has 1 aliphatic carbocycles. The Bertz CT molecular complexity index is 204. The van der Waals surface area contributed by atoms with E-state index in [1.807, 2.05) is 12.2 Å². The summed E-state index contributed by atoms with van der Waals surface area (Å²) in [6.07, 6.45) is 5.03. The highest BCUT2D eigenvalue weighted by Gasteiger charge is 2.29. The Labute approximate surface area is 62.3 Å². The highest BCUT2D eigenvalue weighted by Crippen LogP contribution is 2.39. The zero-order valence-electron chi connectivity index (χ0n) is 6.14. The fourth-order valence-electron chi connectivity index (χ4n) is 1.36. The van der Waals surface area contributed by atoms with Crippen LogP contribution in [-0.4, -0.2) is 0 Å². The van der Waals surface area contributed by atoms with E-state index in [0.717, 1.165) is 6.42 Å². The molecule has 1 rings (SSSR count). The summed E-state index contributed by atoms with van der Waals surface area (Å²) in [6.45, 7) is 11.2. The molecule has 0 aliphatic heterocycles. The first kappa shape index (κ1) is 7.11. The maximum absolute atomic E-state index is 3.91. The Balaban J connectivity index is 2.61. The van der Waals surface area contributed by atoms with E-state index in [1.165, 1.54) is 5.57 Å². The van der Waals surface area contributed by atoms with Crippen molar-refractivity contribution < 1.29 is 0 Å². The van der Waals surface area contributed by atoms with E-state index in [0.29, 0.717) is 11.8 Å². The molecule has 1 saturated carbocycles. The third-order valence-electron chi connectivity index (χ3n) is 2.02. The van der Waals surface area contributed by atoms with Crippen LogP contribution in [0.15, 0.2) is 43.2 Å². The van der Waals surface area contributed by atoms with Crippen molar-refractivity contribution in [3.05, 3.63) is 43.2 Å². The van der Waals surface area contributed by atoms with Crippen molar-refractivity contribution in [2.75, 3.05) is 0 Å². The molecule has 0 spiro atoms. The molecule has 52 valence electrons. The summed E-state index contributed by atoms with van der Waals surface area (Å²) in [7, 11) is 0. The maximum atomic E-state index is 3.91. The van der Waals surface area contributed by atoms with Crippen LogP contribution >= 0.6 is 0 Å². The van der Waals surface area contributed by atoms with Gasteiger partial charge in [-0.2, -0.15) is 0 Å². The van der Waals surface area contributed by atoms with Crippen LogP contribution in [0, 0.1) is 11.8 Å². The fraction of sp³-hybridized carbons (Fsp3) is 0.300. The lowest BCUT2D eigenvalue weighted by Gasteiger charge is -2.34. The average molecular weight is 132 g/mol. The van der Waals surface area contributed by atoms with E-state index in [1.54, 1.807) is 0 Å². The quantitative estimate of drug-likeness (QED) is 0.400. The molecule has 0 heteroatoms. The van der Waals surface area contributed by atoms with Crippen LogP contribution in [0.5, 0.6) is 0 Å². The van der Waals surface area contributed by atoms with Gasteiger partial charge in [0.15, 0.2) is 0 Å². The van der Waals surface area contributed by atoms with Crippen LogP contribution in [0.1, 0.15) is 6.42 Å². The first-order valence-corrected chi connectivity index (χ1v) is 3.45. The fourth-order valence-corrected chi connectivity index (χ4v) is 1.36. The molecule has 2 unspecified atom stereocenters. The van der Waals surface area contributed by atoms with Crippen molar-refractivity contribution in [1.29, 1.82) is 0 Å². The minimum absolute atomic E-state index is 0.481. The van der Waals surface area contributed by atoms with Gasteiger partial charge in [-0.25, -0.2) is 0 Å². The van der Waals surface area contributed by atoms with Crippen molar-refractivity contribution in [3.8, 4) is 0 Å². The standard InChI is InChI=1S/C10H12/c1-4-6-9-7-8(3)10(9)5-2/h5-6,9-10H,1-3,7H2. The van der Waals surface area contributed by atoms with Crippen LogP contribution in [0.4, 0.5) is 0 Å². The summed E-state index contributed by atoms with van der Waals surface area (Å²) in [5.74, 6) is 1.05. The summed E-state index contributed by atoms with van der Waals surface area (Å²) in [5.41, 5.74) is 4.07. The van der Waals surface area contributed by atoms with Gasteiger partial charge in [-0.1, -0.05) is 24.8 Å². The van der Waals surface area contributed by atoms with Gasteiger partial charge in [-0.3, -0.25) is 0 Å². The molecule has 0 heterocycles. The smallest absolute Gasteiger partial charge is 0.00436 e. The molecule has 1 aliphatic rings. The van der Waals surface area contributed by atoms with E-state index >= 15 is 0 Å². The van der Waals surface area contributed by atoms with Gasteiger partial charge in [0.1, 0.15) is 0 Å². The zero-order chi connectivity index (χ0) is 7.56. The third kappa shape index (κ3) is 0.984. The monoisotopic (exact) mass is 132 g/mol. The largest absolute Gasteiger partial charge is 0.133 e. The Kier molecular flexibility index (Phi) is 1.94. The highest BCUT2D eigenvalue weighted by atomic mass is 14.3. The Hall–Kier alpha value is -1.00. The molecule has 2 atom stereocenters. The van der Waals surface area contributed by atoms with Crippen molar-refractivity contribution >= 4 is 0 Å². The van der Waals surface area contributed by atoms with Gasteiger partial charge in [0.05, 0.1) is 0 Å². The summed E-state index contributed by atoms with van der Waals surface area (Å²) in [6, 6.07) is 0. The predicted octanol–water partition coefficient (Wildman–Crippen LogP) is 2.71. The van der Waals surface area contributed by atoms with Crippen molar-refractivity contribution in [3.63, 3.8) is 0 Å². The van der Waals surface area contributed by atoms with Gasteiger partial charge in [0.2, 0.25) is 0 Å². The van der Waals surface area contributed by atoms with Gasteiger partial charge < -0.3 is 0 Å². The second-order valence-corrected chi connectivity index (χ2v) is 2.66. The summed E-state index contributed by atoms with van der Waals surface area (Å²) >= 11 is 0. The van der Waals surface area contributed by atoms with Crippen molar-refractivity contribution in [2.24, 2.45) is 11.8 Å². The molecule has 0 aromatic rings. The van der Waals surface area contributed by atoms with Crippen molar-refractivity contribution in [1.82, 2.24) is 0 Å². The molecule has 0 aromatic carbocycles. The normalized spacial score (nSPS) is 30.2. The lowest BCUT2D eigenvalue weighted by Crippen LogP contribution is -2.24. The molecular formula is C10H12. The number of rotatable bonds is 2. The first-order chi connectivity index (χ1) is 4.79. The third-order valence-corrected chi connectivity index (χ3v) is 2.02. The number of hydrogen-bond donors (Lipinski definition) is 0. The Morgan fingerprint density at radius 1 is 1.60 bits per heavy atom. The SMILES string of the molecule is C=C=CC1CC(=C)C1C=C. The summed E-state index contributed by atoms with van der Waals surface area (Å²) < 4.78 is 0. The van der Waals surface area contributed by atoms with Gasteiger partial charge in [-0.05, 0) is 18.4 Å². The Morgan fingerprint density at radius 2 is 2.30 bits per heavy atom. The first-order valence-electron chi connectivity index (χ1n) is 3.45. The van der Waals surface area contributed by atoms with Gasteiger partial charge >= 0.3 is 0 Å².